The lowest BCUT2D eigenvalue weighted by atomic mass is 9.77. The van der Waals surface area contributed by atoms with Crippen molar-refractivity contribution in [2.24, 2.45) is 97.7 Å². The van der Waals surface area contributed by atoms with Crippen molar-refractivity contribution in [1.29, 1.82) is 5.26 Å². The van der Waals surface area contributed by atoms with Crippen LogP contribution in [0.2, 0.25) is 0 Å². The van der Waals surface area contributed by atoms with Crippen LogP contribution in [0.4, 0.5) is 0 Å². The van der Waals surface area contributed by atoms with Gasteiger partial charge in [0.2, 0.25) is 35.4 Å². The second-order valence-electron chi connectivity index (χ2n) is 41.5. The van der Waals surface area contributed by atoms with Gasteiger partial charge in [0.05, 0.1) is 79.6 Å². The highest BCUT2D eigenvalue weighted by molar-refractivity contribution is 8.14. The molecule has 29 heteroatoms. The van der Waals surface area contributed by atoms with E-state index in [0.717, 1.165) is 243 Å². The van der Waals surface area contributed by atoms with Crippen LogP contribution in [0.1, 0.15) is 170 Å². The maximum atomic E-state index is 14.4. The van der Waals surface area contributed by atoms with Gasteiger partial charge in [-0.25, -0.2) is 0 Å². The summed E-state index contributed by atoms with van der Waals surface area (Å²) < 4.78 is 45.2. The number of likely N-dealkylation sites (tertiary alicyclic amines) is 2. The molecule has 0 bridgehead atoms. The van der Waals surface area contributed by atoms with E-state index >= 15 is 0 Å². The molecule has 0 radical (unpaired) electrons. The number of nitrogens with zero attached hydrogens (tertiary/aromatic N) is 12. The SMILES string of the molecule is COC1COCCC1C[C@@H]1C[C@H]2C(=O)NC[C@@]2(C(=O)N2CCc3ncc(C)cc3C2)C1.COC1COCCC1C[C@@H]1C[C@H]2CN(C#N)C[C@@]2(C(=O)N2CCc3ncc(C)cc3C2)C1.COC1COCCC1C[C@@H]1C[C@H]2CN(C3=NCCS3)C[C@@]2(C(=O)N2CCc3ncc(C)cc3C2)C1.COC1COCCC1C[C@@H]1C[C@H]2CNC(=O)[C@@]2(C(=O)N2CCc3ncc(C)cc3C2)C1. The van der Waals surface area contributed by atoms with Crippen molar-refractivity contribution in [3.8, 4) is 6.19 Å². The molecule has 12 fully saturated rings. The summed E-state index contributed by atoms with van der Waals surface area (Å²) in [6.45, 7) is 24.4. The van der Waals surface area contributed by atoms with E-state index in [2.05, 4.69) is 84.7 Å². The van der Waals surface area contributed by atoms with Crippen molar-refractivity contribution < 1.29 is 66.7 Å². The number of pyridine rings is 4. The van der Waals surface area contributed by atoms with Crippen molar-refractivity contribution in [3.05, 3.63) is 116 Å². The lowest BCUT2D eigenvalue weighted by Gasteiger charge is -2.37. The molecule has 0 spiro atoms. The number of carbonyl (C=O) groups excluding carboxylic acids is 6. The lowest BCUT2D eigenvalue weighted by molar-refractivity contribution is -0.151. The minimum absolute atomic E-state index is 0.0254. The Hall–Kier alpha value is -7.79. The molecule has 4 aliphatic carbocycles. The molecule has 20 atom stereocenters. The average Bonchev–Trinajstić information content (AvgIpc) is 1.70. The molecule has 8 unspecified atom stereocenters. The first-order valence-corrected chi connectivity index (χ1v) is 49.6. The van der Waals surface area contributed by atoms with Gasteiger partial charge >= 0.3 is 0 Å². The summed E-state index contributed by atoms with van der Waals surface area (Å²) in [5, 5.41) is 16.8. The highest BCUT2D eigenvalue weighted by Crippen LogP contribution is 2.59. The number of ether oxygens (including phenoxy) is 8. The summed E-state index contributed by atoms with van der Waals surface area (Å²) in [5.74, 6) is 6.16. The van der Waals surface area contributed by atoms with Crippen LogP contribution in [0.15, 0.2) is 54.0 Å². The number of thioether (sulfide) groups is 1. The predicted octanol–water partition coefficient (Wildman–Crippen LogP) is 9.39. The second-order valence-corrected chi connectivity index (χ2v) is 42.6. The van der Waals surface area contributed by atoms with Gasteiger partial charge in [-0.15, -0.1) is 0 Å². The van der Waals surface area contributed by atoms with E-state index in [1.54, 1.807) is 21.3 Å². The van der Waals surface area contributed by atoms with E-state index in [1.165, 1.54) is 16.7 Å². The molecule has 698 valence electrons. The molecule has 129 heavy (non-hydrogen) atoms. The highest BCUT2D eigenvalue weighted by atomic mass is 32.2. The summed E-state index contributed by atoms with van der Waals surface area (Å²) in [4.78, 5) is 117. The minimum atomic E-state index is -0.896. The number of aliphatic imine (C=N–C) groups is 1. The first-order chi connectivity index (χ1) is 62.6. The summed E-state index contributed by atoms with van der Waals surface area (Å²) in [6, 6.07) is 8.65. The van der Waals surface area contributed by atoms with Gasteiger partial charge < -0.3 is 77.9 Å². The number of aryl methyl sites for hydroxylation is 4. The van der Waals surface area contributed by atoms with Gasteiger partial charge in [0.15, 0.2) is 11.4 Å². The van der Waals surface area contributed by atoms with E-state index in [4.69, 9.17) is 42.9 Å². The molecule has 4 saturated carbocycles. The van der Waals surface area contributed by atoms with Gasteiger partial charge in [0.1, 0.15) is 5.41 Å². The number of carbonyl (C=O) groups is 6. The molecule has 13 aliphatic heterocycles. The number of aromatic nitrogens is 4. The van der Waals surface area contributed by atoms with E-state index in [-0.39, 0.29) is 77.1 Å². The van der Waals surface area contributed by atoms with Crippen LogP contribution in [-0.4, -0.2) is 273 Å². The Bertz CT molecular complexity index is 4820. The summed E-state index contributed by atoms with van der Waals surface area (Å²) in [6.07, 6.45) is 29.3. The first-order valence-electron chi connectivity index (χ1n) is 48.6. The average molecular weight is 1790 g/mol. The molecule has 17 aliphatic rings. The third kappa shape index (κ3) is 18.6. The molecule has 4 aromatic heterocycles. The van der Waals surface area contributed by atoms with E-state index < -0.39 is 16.2 Å². The molecule has 28 nitrogen and oxygen atoms in total. The van der Waals surface area contributed by atoms with Crippen molar-refractivity contribution in [2.45, 2.75) is 207 Å². The van der Waals surface area contributed by atoms with Crippen molar-refractivity contribution >= 4 is 52.4 Å². The lowest BCUT2D eigenvalue weighted by Crippen LogP contribution is -2.50. The van der Waals surface area contributed by atoms with Gasteiger partial charge in [-0.05, 0) is 240 Å². The van der Waals surface area contributed by atoms with Crippen LogP contribution >= 0.6 is 11.8 Å². The van der Waals surface area contributed by atoms with Crippen LogP contribution < -0.4 is 10.6 Å². The maximum absolute atomic E-state index is 14.4. The van der Waals surface area contributed by atoms with Crippen LogP contribution in [0.5, 0.6) is 0 Å². The quantitative estimate of drug-likeness (QED) is 0.0779. The number of hydrogen-bond donors (Lipinski definition) is 2. The predicted molar refractivity (Wildman–Crippen MR) is 484 cm³/mol. The van der Waals surface area contributed by atoms with E-state index in [0.29, 0.717) is 157 Å². The molecular weight excluding hydrogens is 1650 g/mol. The second kappa shape index (κ2) is 39.4. The van der Waals surface area contributed by atoms with Gasteiger partial charge in [-0.3, -0.25) is 53.7 Å². The summed E-state index contributed by atoms with van der Waals surface area (Å²) >= 11 is 1.86. The number of amides is 6. The Kier molecular flexibility index (Phi) is 28.0. The number of amidine groups is 1. The van der Waals surface area contributed by atoms with Crippen LogP contribution in [0.3, 0.4) is 0 Å². The Morgan fingerprint density at radius 1 is 0.488 bits per heavy atom. The zero-order valence-corrected chi connectivity index (χ0v) is 78.3. The Morgan fingerprint density at radius 2 is 0.868 bits per heavy atom. The molecule has 2 N–H and O–H groups in total. The number of rotatable bonds is 16. The molecule has 4 aromatic rings. The molecule has 21 rings (SSSR count). The molecule has 17 heterocycles. The fourth-order valence-electron chi connectivity index (χ4n) is 27.2. The molecule has 6 amide bonds. The zero-order chi connectivity index (χ0) is 89.5. The number of nitriles is 1. The Morgan fingerprint density at radius 3 is 1.28 bits per heavy atom. The fourth-order valence-corrected chi connectivity index (χ4v) is 28.1. The topological polar surface area (TPSA) is 307 Å². The maximum Gasteiger partial charge on any atom is 0.238 e. The van der Waals surface area contributed by atoms with Gasteiger partial charge in [0, 0.05) is 225 Å². The first kappa shape index (κ1) is 91.7. The van der Waals surface area contributed by atoms with Crippen molar-refractivity contribution in [2.75, 3.05) is 159 Å². The standard InChI is InChI=1S/C27H38N4O3S.C25H34N4O3.2C24H33N3O4/c1-18-9-21-14-30(6-3-23(21)29-13-18)25(32)27-12-19(10-20-4-7-34-16-24(20)33-2)11-22(27)15-31(17-27)26-28-5-8-35-26;1-17-7-20-12-29(5-3-22(20)27-11-17)24(30)25-10-18(9-21(25)13-28(15-25)16-26)8-19-4-6-32-14-23(19)31-2;1-15-7-18-13-27(5-3-20(18)25-11-15)23(29)24-10-16(9-19(24)12-26-22(24)28)8-17-4-6-31-14-21(17)30-2;1-15-7-18-12-27(5-3-20(18)25-11-15)23(29)24-10-16(9-19(24)22(28)26-14-24)8-17-4-6-31-13-21(17)30-2/h9,13,19-20,22,24H,3-8,10-12,14-17H2,1-2H3;7,11,18-19,21,23H,3-6,8-10,12-15H2,1-2H3;2*7,11,16-17,19,21H,3-6,8-10,12-14H2,1-2H3,(H,26,28)/t19-,20?,22+,24?,27+;18-,19?,21+,23?,25+;16-,17?,19+,21?,24-;16-,17?,19+,21?,24+/m1111/s1. The molecular formula is C100H138N14O14S. The summed E-state index contributed by atoms with van der Waals surface area (Å²) in [7, 11) is 7.08. The largest absolute Gasteiger partial charge is 0.379 e. The van der Waals surface area contributed by atoms with Gasteiger partial charge in [-0.1, -0.05) is 36.0 Å². The normalized spacial score (nSPS) is 34.6. The van der Waals surface area contributed by atoms with Crippen LogP contribution in [0.25, 0.3) is 0 Å². The van der Waals surface area contributed by atoms with E-state index in [9.17, 15) is 34.0 Å². The fraction of sp³-hybridized carbons (Fsp3) is 0.720. The third-order valence-corrected chi connectivity index (χ3v) is 34.6. The number of nitrogens with one attached hydrogen (secondary N) is 2. The summed E-state index contributed by atoms with van der Waals surface area (Å²) in [5.41, 5.74) is 11.4. The van der Waals surface area contributed by atoms with Crippen LogP contribution in [0, 0.1) is 132 Å². The number of methoxy groups -OCH3 is 4. The van der Waals surface area contributed by atoms with E-state index in [1.807, 2.05) is 77.1 Å². The Labute approximate surface area is 766 Å². The van der Waals surface area contributed by atoms with Crippen molar-refractivity contribution in [3.63, 3.8) is 0 Å². The van der Waals surface area contributed by atoms with Crippen molar-refractivity contribution in [1.82, 2.24) is 60.0 Å². The van der Waals surface area contributed by atoms with Gasteiger partial charge in [0.25, 0.3) is 0 Å². The molecule has 0 aromatic carbocycles. The van der Waals surface area contributed by atoms with Gasteiger partial charge in [-0.2, -0.15) is 5.26 Å². The molecule has 8 saturated heterocycles. The number of fused-ring (bicyclic) bond motifs is 8. The monoisotopic (exact) mass is 1790 g/mol. The third-order valence-electron chi connectivity index (χ3n) is 33.6. The number of hydrogen-bond acceptors (Lipinski definition) is 23. The smallest absolute Gasteiger partial charge is 0.238 e. The van der Waals surface area contributed by atoms with Crippen LogP contribution in [-0.2, 0) is 119 Å². The zero-order valence-electron chi connectivity index (χ0n) is 77.5. The highest BCUT2D eigenvalue weighted by Gasteiger charge is 2.65. The minimum Gasteiger partial charge on any atom is -0.379 e. The Balaban J connectivity index is 0.000000116.